The summed E-state index contributed by atoms with van der Waals surface area (Å²) >= 11 is 0. The van der Waals surface area contributed by atoms with Crippen molar-refractivity contribution in [3.05, 3.63) is 90.6 Å². The molecule has 0 aliphatic heterocycles. The summed E-state index contributed by atoms with van der Waals surface area (Å²) < 4.78 is 41.6. The Labute approximate surface area is 211 Å². The van der Waals surface area contributed by atoms with Crippen molar-refractivity contribution in [3.63, 3.8) is 0 Å². The third-order valence-corrected chi connectivity index (χ3v) is 8.02. The van der Waals surface area contributed by atoms with E-state index in [1.54, 1.807) is 48.6 Å². The Bertz CT molecular complexity index is 1390. The molecule has 0 radical (unpaired) electrons. The van der Waals surface area contributed by atoms with Crippen molar-refractivity contribution in [2.45, 2.75) is 24.4 Å². The number of carbonyl (C=O) groups excluding carboxylic acids is 1. The highest BCUT2D eigenvalue weighted by molar-refractivity contribution is 7.89. The van der Waals surface area contributed by atoms with Crippen LogP contribution in [-0.4, -0.2) is 54.9 Å². The Morgan fingerprint density at radius 2 is 1.81 bits per heavy atom. The minimum Gasteiger partial charge on any atom is -0.467 e. The highest BCUT2D eigenvalue weighted by Crippen LogP contribution is 2.26. The number of benzene rings is 2. The molecule has 0 spiro atoms. The molecule has 0 N–H and O–H groups in total. The van der Waals surface area contributed by atoms with Crippen LogP contribution in [0.2, 0.25) is 0 Å². The maximum Gasteiger partial charge on any atom is 0.244 e. The first-order valence-corrected chi connectivity index (χ1v) is 13.2. The van der Waals surface area contributed by atoms with Gasteiger partial charge in [0.15, 0.2) is 0 Å². The Hall–Kier alpha value is -3.40. The lowest BCUT2D eigenvalue weighted by Gasteiger charge is -2.27. The van der Waals surface area contributed by atoms with Gasteiger partial charge in [0.25, 0.3) is 0 Å². The molecule has 36 heavy (non-hydrogen) atoms. The van der Waals surface area contributed by atoms with E-state index in [4.69, 9.17) is 9.15 Å². The van der Waals surface area contributed by atoms with Crippen molar-refractivity contribution in [1.29, 1.82) is 0 Å². The lowest BCUT2D eigenvalue weighted by Crippen LogP contribution is -2.43. The average molecular weight is 510 g/mol. The lowest BCUT2D eigenvalue weighted by molar-refractivity contribution is -0.133. The molecular weight excluding hydrogens is 478 g/mol. The Kier molecular flexibility index (Phi) is 8.25. The number of nitrogens with zero attached hydrogens (tertiary/aromatic N) is 3. The van der Waals surface area contributed by atoms with E-state index >= 15 is 0 Å². The molecule has 2 aromatic heterocycles. The van der Waals surface area contributed by atoms with Crippen LogP contribution in [-0.2, 0) is 39.7 Å². The molecule has 9 heteroatoms. The van der Waals surface area contributed by atoms with Gasteiger partial charge in [0, 0.05) is 44.6 Å². The van der Waals surface area contributed by atoms with Crippen LogP contribution in [0, 0.1) is 0 Å². The first-order chi connectivity index (χ1) is 17.4. The quantitative estimate of drug-likeness (QED) is 0.269. The van der Waals surface area contributed by atoms with Crippen molar-refractivity contribution in [2.75, 3.05) is 26.8 Å². The summed E-state index contributed by atoms with van der Waals surface area (Å²) in [5.74, 6) is 0.314. The number of hydrogen-bond acceptors (Lipinski definition) is 5. The van der Waals surface area contributed by atoms with Crippen LogP contribution in [0.25, 0.3) is 10.8 Å². The predicted octanol–water partition coefficient (Wildman–Crippen LogP) is 4.03. The molecule has 2 aromatic carbocycles. The number of amides is 1. The molecule has 4 rings (SSSR count). The maximum absolute atomic E-state index is 13.9. The number of methoxy groups -OCH3 is 1. The minimum atomic E-state index is -3.97. The van der Waals surface area contributed by atoms with E-state index in [-0.39, 0.29) is 30.4 Å². The zero-order chi connectivity index (χ0) is 25.5. The number of fused-ring (bicyclic) bond motifs is 1. The molecule has 0 unspecified atom stereocenters. The van der Waals surface area contributed by atoms with Gasteiger partial charge in [0.05, 0.1) is 30.8 Å². The standard InChI is InChI=1S/C27H31N3O5S/c1-28-15-6-11-23(28)19-29(20-24-12-7-18-35-24)27(31)21-30(16-8-17-34-2)36(32,33)26-14-5-10-22-9-3-4-13-25(22)26/h3-7,9-15,18H,8,16-17,19-21H2,1-2H3. The zero-order valence-electron chi connectivity index (χ0n) is 20.5. The Balaban J connectivity index is 1.64. The summed E-state index contributed by atoms with van der Waals surface area (Å²) in [6, 6.07) is 19.9. The van der Waals surface area contributed by atoms with E-state index in [1.807, 2.05) is 54.2 Å². The second-order valence-electron chi connectivity index (χ2n) is 8.60. The van der Waals surface area contributed by atoms with Gasteiger partial charge in [-0.15, -0.1) is 0 Å². The van der Waals surface area contributed by atoms with Gasteiger partial charge in [-0.25, -0.2) is 8.42 Å². The molecule has 0 aliphatic carbocycles. The fourth-order valence-corrected chi connectivity index (χ4v) is 5.80. The number of furan rings is 1. The van der Waals surface area contributed by atoms with Gasteiger partial charge in [-0.05, 0) is 42.1 Å². The fraction of sp³-hybridized carbons (Fsp3) is 0.296. The van der Waals surface area contributed by atoms with Crippen molar-refractivity contribution >= 4 is 26.7 Å². The molecule has 2 heterocycles. The van der Waals surface area contributed by atoms with Gasteiger partial charge in [0.1, 0.15) is 5.76 Å². The Morgan fingerprint density at radius 3 is 2.53 bits per heavy atom. The van der Waals surface area contributed by atoms with E-state index in [2.05, 4.69) is 0 Å². The van der Waals surface area contributed by atoms with Crippen LogP contribution in [0.4, 0.5) is 0 Å². The third kappa shape index (κ3) is 5.87. The molecule has 4 aromatic rings. The van der Waals surface area contributed by atoms with E-state index < -0.39 is 10.0 Å². The summed E-state index contributed by atoms with van der Waals surface area (Å²) in [5, 5.41) is 1.45. The maximum atomic E-state index is 13.9. The number of aryl methyl sites for hydroxylation is 1. The van der Waals surface area contributed by atoms with Gasteiger partial charge in [0.2, 0.25) is 15.9 Å². The van der Waals surface area contributed by atoms with Gasteiger partial charge in [-0.3, -0.25) is 4.79 Å². The van der Waals surface area contributed by atoms with E-state index in [9.17, 15) is 13.2 Å². The minimum absolute atomic E-state index is 0.157. The number of rotatable bonds is 12. The van der Waals surface area contributed by atoms with Gasteiger partial charge < -0.3 is 18.6 Å². The van der Waals surface area contributed by atoms with Crippen molar-refractivity contribution in [2.24, 2.45) is 7.05 Å². The van der Waals surface area contributed by atoms with Crippen molar-refractivity contribution in [3.8, 4) is 0 Å². The van der Waals surface area contributed by atoms with Crippen LogP contribution in [0.1, 0.15) is 17.9 Å². The summed E-state index contributed by atoms with van der Waals surface area (Å²) in [7, 11) is -0.489. The Morgan fingerprint density at radius 1 is 1.00 bits per heavy atom. The van der Waals surface area contributed by atoms with E-state index in [0.29, 0.717) is 30.7 Å². The molecule has 0 bridgehead atoms. The number of hydrogen-bond donors (Lipinski definition) is 0. The highest BCUT2D eigenvalue weighted by Gasteiger charge is 2.30. The van der Waals surface area contributed by atoms with Crippen LogP contribution in [0.3, 0.4) is 0 Å². The SMILES string of the molecule is COCCCN(CC(=O)N(Cc1ccco1)Cc1cccn1C)S(=O)(=O)c1cccc2ccccc12. The average Bonchev–Trinajstić information content (AvgIpc) is 3.54. The fourth-order valence-electron chi connectivity index (χ4n) is 4.16. The topological polar surface area (TPSA) is 85.0 Å². The smallest absolute Gasteiger partial charge is 0.244 e. The summed E-state index contributed by atoms with van der Waals surface area (Å²) in [6.07, 6.45) is 3.93. The second kappa shape index (κ2) is 11.6. The number of aromatic nitrogens is 1. The van der Waals surface area contributed by atoms with Crippen LogP contribution < -0.4 is 0 Å². The van der Waals surface area contributed by atoms with Crippen molar-refractivity contribution in [1.82, 2.24) is 13.8 Å². The van der Waals surface area contributed by atoms with Crippen LogP contribution in [0.5, 0.6) is 0 Å². The molecular formula is C27H31N3O5S. The molecule has 0 atom stereocenters. The van der Waals surface area contributed by atoms with E-state index in [0.717, 1.165) is 11.1 Å². The first kappa shape index (κ1) is 25.7. The second-order valence-corrected chi connectivity index (χ2v) is 10.5. The normalized spacial score (nSPS) is 11.9. The predicted molar refractivity (Wildman–Crippen MR) is 138 cm³/mol. The van der Waals surface area contributed by atoms with Gasteiger partial charge in [-0.1, -0.05) is 36.4 Å². The summed E-state index contributed by atoms with van der Waals surface area (Å²) in [5.41, 5.74) is 0.928. The zero-order valence-corrected chi connectivity index (χ0v) is 21.4. The first-order valence-electron chi connectivity index (χ1n) is 11.8. The van der Waals surface area contributed by atoms with Crippen LogP contribution >= 0.6 is 0 Å². The number of ether oxygens (including phenoxy) is 1. The molecule has 0 fully saturated rings. The molecule has 0 saturated carbocycles. The highest BCUT2D eigenvalue weighted by atomic mass is 32.2. The number of sulfonamides is 1. The molecule has 190 valence electrons. The number of carbonyl (C=O) groups is 1. The van der Waals surface area contributed by atoms with Crippen molar-refractivity contribution < 1.29 is 22.4 Å². The third-order valence-electron chi connectivity index (χ3n) is 6.12. The molecule has 1 amide bonds. The molecule has 0 aliphatic rings. The summed E-state index contributed by atoms with van der Waals surface area (Å²) in [6.45, 7) is 0.806. The largest absolute Gasteiger partial charge is 0.467 e. The van der Waals surface area contributed by atoms with Crippen LogP contribution in [0.15, 0.2) is 88.5 Å². The van der Waals surface area contributed by atoms with Gasteiger partial charge in [-0.2, -0.15) is 4.31 Å². The summed E-state index contributed by atoms with van der Waals surface area (Å²) in [4.78, 5) is 15.4. The molecule has 8 nitrogen and oxygen atoms in total. The van der Waals surface area contributed by atoms with Gasteiger partial charge >= 0.3 is 0 Å². The lowest BCUT2D eigenvalue weighted by atomic mass is 10.1. The van der Waals surface area contributed by atoms with E-state index in [1.165, 1.54) is 4.31 Å². The molecule has 0 saturated heterocycles. The monoisotopic (exact) mass is 509 g/mol.